The number of amides is 1. The van der Waals surface area contributed by atoms with E-state index in [1.165, 1.54) is 11.3 Å². The van der Waals surface area contributed by atoms with Gasteiger partial charge in [-0.15, -0.1) is 11.3 Å². The molecule has 6 heteroatoms. The van der Waals surface area contributed by atoms with Crippen molar-refractivity contribution in [1.82, 2.24) is 9.97 Å². The zero-order valence-corrected chi connectivity index (χ0v) is 7.34. The summed E-state index contributed by atoms with van der Waals surface area (Å²) in [5, 5.41) is 1.81. The third-order valence-corrected chi connectivity index (χ3v) is 2.46. The number of primary amides is 1. The number of nitrogens with zero attached hydrogens (tertiary/aromatic N) is 2. The van der Waals surface area contributed by atoms with Gasteiger partial charge in [0, 0.05) is 0 Å². The lowest BCUT2D eigenvalue weighted by atomic mass is 10.3. The van der Waals surface area contributed by atoms with E-state index in [1.54, 1.807) is 6.07 Å². The van der Waals surface area contributed by atoms with Crippen molar-refractivity contribution in [2.75, 3.05) is 5.73 Å². The van der Waals surface area contributed by atoms with E-state index < -0.39 is 5.91 Å². The van der Waals surface area contributed by atoms with Gasteiger partial charge in [-0.05, 0) is 11.4 Å². The molecule has 4 N–H and O–H groups in total. The number of nitrogens with two attached hydrogens (primary N) is 2. The normalized spacial score (nSPS) is 10.5. The minimum Gasteiger partial charge on any atom is -0.368 e. The van der Waals surface area contributed by atoms with E-state index in [0.29, 0.717) is 10.2 Å². The van der Waals surface area contributed by atoms with Crippen molar-refractivity contribution < 1.29 is 4.79 Å². The molecule has 0 saturated heterocycles. The molecule has 0 atom stereocenters. The van der Waals surface area contributed by atoms with Crippen LogP contribution in [0.15, 0.2) is 11.4 Å². The van der Waals surface area contributed by atoms with Crippen LogP contribution in [0.5, 0.6) is 0 Å². The highest BCUT2D eigenvalue weighted by Gasteiger charge is 2.11. The van der Waals surface area contributed by atoms with E-state index in [-0.39, 0.29) is 11.6 Å². The molecule has 2 rings (SSSR count). The first kappa shape index (κ1) is 7.93. The molecule has 0 aliphatic carbocycles. The number of aromatic nitrogens is 2. The third kappa shape index (κ3) is 1.20. The second kappa shape index (κ2) is 2.67. The molecule has 0 spiro atoms. The molecule has 2 aromatic heterocycles. The summed E-state index contributed by atoms with van der Waals surface area (Å²) in [5.41, 5.74) is 11.4. The Bertz CT molecular complexity index is 478. The predicted octanol–water partition coefficient (Wildman–Crippen LogP) is 0.372. The second-order valence-electron chi connectivity index (χ2n) is 2.43. The number of hydrogen-bond donors (Lipinski definition) is 2. The maximum absolute atomic E-state index is 10.9. The maximum atomic E-state index is 10.9. The SMILES string of the molecule is NC(=O)c1nc(N)nc2ccsc12. The number of fused-ring (bicyclic) bond motifs is 1. The molecule has 2 heterocycles. The van der Waals surface area contributed by atoms with Crippen molar-refractivity contribution in [3.8, 4) is 0 Å². The standard InChI is InChI=1S/C7H6N4OS/c8-6(12)4-5-3(1-2-13-5)10-7(9)11-4/h1-2H,(H2,8,12)(H2,9,10,11). The van der Waals surface area contributed by atoms with Crippen molar-refractivity contribution >= 4 is 33.4 Å². The average Bonchev–Trinajstić information content (AvgIpc) is 2.49. The summed E-state index contributed by atoms with van der Waals surface area (Å²) in [6.45, 7) is 0. The first-order valence-electron chi connectivity index (χ1n) is 3.49. The Kier molecular flexibility index (Phi) is 1.63. The fourth-order valence-corrected chi connectivity index (χ4v) is 1.87. The van der Waals surface area contributed by atoms with E-state index in [1.807, 2.05) is 5.38 Å². The lowest BCUT2D eigenvalue weighted by Crippen LogP contribution is -2.14. The largest absolute Gasteiger partial charge is 0.368 e. The summed E-state index contributed by atoms with van der Waals surface area (Å²) in [7, 11) is 0. The molecule has 0 fully saturated rings. The van der Waals surface area contributed by atoms with Gasteiger partial charge in [0.1, 0.15) is 0 Å². The Hall–Kier alpha value is -1.69. The molecule has 0 aliphatic heterocycles. The molecule has 0 radical (unpaired) electrons. The van der Waals surface area contributed by atoms with E-state index in [4.69, 9.17) is 11.5 Å². The maximum Gasteiger partial charge on any atom is 0.269 e. The van der Waals surface area contributed by atoms with Crippen LogP contribution in [0.25, 0.3) is 10.2 Å². The predicted molar refractivity (Wildman–Crippen MR) is 50.3 cm³/mol. The molecule has 0 aliphatic rings. The van der Waals surface area contributed by atoms with Crippen molar-refractivity contribution in [2.45, 2.75) is 0 Å². The molecule has 0 aromatic carbocycles. The average molecular weight is 194 g/mol. The quantitative estimate of drug-likeness (QED) is 0.685. The highest BCUT2D eigenvalue weighted by Crippen LogP contribution is 2.22. The molecule has 66 valence electrons. The molecule has 13 heavy (non-hydrogen) atoms. The van der Waals surface area contributed by atoms with Gasteiger partial charge in [-0.25, -0.2) is 9.97 Å². The third-order valence-electron chi connectivity index (χ3n) is 1.55. The zero-order chi connectivity index (χ0) is 9.42. The lowest BCUT2D eigenvalue weighted by molar-refractivity contribution is 0.0997. The van der Waals surface area contributed by atoms with Crippen molar-refractivity contribution in [3.63, 3.8) is 0 Å². The summed E-state index contributed by atoms with van der Waals surface area (Å²) in [6, 6.07) is 1.77. The van der Waals surface area contributed by atoms with Gasteiger partial charge in [0.05, 0.1) is 10.2 Å². The first-order valence-corrected chi connectivity index (χ1v) is 4.37. The first-order chi connectivity index (χ1) is 6.18. The Morgan fingerprint density at radius 1 is 1.46 bits per heavy atom. The monoisotopic (exact) mass is 194 g/mol. The van der Waals surface area contributed by atoms with Crippen LogP contribution >= 0.6 is 11.3 Å². The molecular formula is C7H6N4OS. The fraction of sp³-hybridized carbons (Fsp3) is 0. The van der Waals surface area contributed by atoms with Crippen molar-refractivity contribution in [3.05, 3.63) is 17.1 Å². The number of anilines is 1. The van der Waals surface area contributed by atoms with Crippen LogP contribution in [-0.2, 0) is 0 Å². The van der Waals surface area contributed by atoms with Crippen molar-refractivity contribution in [1.29, 1.82) is 0 Å². The van der Waals surface area contributed by atoms with Gasteiger partial charge in [0.2, 0.25) is 5.95 Å². The van der Waals surface area contributed by atoms with Crippen LogP contribution in [0.4, 0.5) is 5.95 Å². The molecule has 0 bridgehead atoms. The van der Waals surface area contributed by atoms with E-state index in [2.05, 4.69) is 9.97 Å². The number of hydrogen-bond acceptors (Lipinski definition) is 5. The van der Waals surface area contributed by atoms with Gasteiger partial charge in [-0.1, -0.05) is 0 Å². The van der Waals surface area contributed by atoms with E-state index in [9.17, 15) is 4.79 Å². The summed E-state index contributed by atoms with van der Waals surface area (Å²) < 4.78 is 0.682. The Morgan fingerprint density at radius 3 is 2.92 bits per heavy atom. The second-order valence-corrected chi connectivity index (χ2v) is 3.35. The minimum atomic E-state index is -0.582. The van der Waals surface area contributed by atoms with Gasteiger partial charge in [-0.2, -0.15) is 0 Å². The van der Waals surface area contributed by atoms with E-state index >= 15 is 0 Å². The molecular weight excluding hydrogens is 188 g/mol. The lowest BCUT2D eigenvalue weighted by Gasteiger charge is -1.97. The fourth-order valence-electron chi connectivity index (χ4n) is 1.05. The number of nitrogen functional groups attached to an aromatic ring is 1. The Balaban J connectivity index is 2.84. The number of carbonyl (C=O) groups is 1. The summed E-state index contributed by atoms with van der Waals surface area (Å²) >= 11 is 1.37. The van der Waals surface area contributed by atoms with Gasteiger partial charge in [-0.3, -0.25) is 4.79 Å². The molecule has 1 amide bonds. The van der Waals surface area contributed by atoms with Crippen LogP contribution in [-0.4, -0.2) is 15.9 Å². The molecule has 0 saturated carbocycles. The summed E-state index contributed by atoms with van der Waals surface area (Å²) in [4.78, 5) is 18.7. The van der Waals surface area contributed by atoms with Crippen LogP contribution in [0.2, 0.25) is 0 Å². The highest BCUT2D eigenvalue weighted by atomic mass is 32.1. The summed E-state index contributed by atoms with van der Waals surface area (Å²) in [5.74, 6) is -0.513. The van der Waals surface area contributed by atoms with Gasteiger partial charge >= 0.3 is 0 Å². The number of rotatable bonds is 1. The van der Waals surface area contributed by atoms with Gasteiger partial charge in [0.25, 0.3) is 5.91 Å². The molecule has 5 nitrogen and oxygen atoms in total. The smallest absolute Gasteiger partial charge is 0.269 e. The van der Waals surface area contributed by atoms with Crippen LogP contribution in [0.1, 0.15) is 10.5 Å². The Labute approximate surface area is 77.4 Å². The topological polar surface area (TPSA) is 94.9 Å². The van der Waals surface area contributed by atoms with E-state index in [0.717, 1.165) is 0 Å². The van der Waals surface area contributed by atoms with Crippen LogP contribution < -0.4 is 11.5 Å². The zero-order valence-electron chi connectivity index (χ0n) is 6.52. The van der Waals surface area contributed by atoms with Crippen molar-refractivity contribution in [2.24, 2.45) is 5.73 Å². The molecule has 2 aromatic rings. The molecule has 0 unspecified atom stereocenters. The highest BCUT2D eigenvalue weighted by molar-refractivity contribution is 7.17. The van der Waals surface area contributed by atoms with Crippen LogP contribution in [0.3, 0.4) is 0 Å². The van der Waals surface area contributed by atoms with Gasteiger partial charge < -0.3 is 11.5 Å². The number of carbonyl (C=O) groups excluding carboxylic acids is 1. The minimum absolute atomic E-state index is 0.0692. The summed E-state index contributed by atoms with van der Waals surface area (Å²) in [6.07, 6.45) is 0. The number of thiophene rings is 1. The van der Waals surface area contributed by atoms with Crippen LogP contribution in [0, 0.1) is 0 Å². The van der Waals surface area contributed by atoms with Gasteiger partial charge in [0.15, 0.2) is 5.69 Å². The Morgan fingerprint density at radius 2 is 2.23 bits per heavy atom.